The lowest BCUT2D eigenvalue weighted by atomic mass is 9.91. The molecule has 0 fully saturated rings. The SMILES string of the molecule is C=C(C)C(=O)OCCCOCCC(C)(C)C.C=C(C)C(=O)OCCOCCCC(C)(C)C.C=CC(=O)OCCCOCCCC(C)(C)C.C=CC(=O)OCCOCCCC(C)(C)C. The van der Waals surface area contributed by atoms with E-state index in [1.807, 2.05) is 0 Å². The molecule has 0 aromatic heterocycles. The Labute approximate surface area is 385 Å². The highest BCUT2D eigenvalue weighted by atomic mass is 16.6. The highest BCUT2D eigenvalue weighted by molar-refractivity contribution is 5.87. The highest BCUT2D eigenvalue weighted by Crippen LogP contribution is 2.22. The molecule has 0 saturated carbocycles. The van der Waals surface area contributed by atoms with Crippen molar-refractivity contribution < 1.29 is 57.1 Å². The number of hydrogen-bond donors (Lipinski definition) is 0. The fourth-order valence-corrected chi connectivity index (χ4v) is 4.32. The third-order valence-electron chi connectivity index (χ3n) is 7.95. The van der Waals surface area contributed by atoms with Crippen LogP contribution in [0.1, 0.15) is 155 Å². The zero-order valence-corrected chi connectivity index (χ0v) is 42.7. The van der Waals surface area contributed by atoms with Gasteiger partial charge in [-0.2, -0.15) is 0 Å². The van der Waals surface area contributed by atoms with Gasteiger partial charge >= 0.3 is 23.9 Å². The zero-order valence-electron chi connectivity index (χ0n) is 42.7. The van der Waals surface area contributed by atoms with E-state index in [0.717, 1.165) is 83.9 Å². The van der Waals surface area contributed by atoms with Crippen molar-refractivity contribution >= 4 is 23.9 Å². The van der Waals surface area contributed by atoms with E-state index in [2.05, 4.69) is 109 Å². The zero-order chi connectivity index (χ0) is 49.4. The van der Waals surface area contributed by atoms with Gasteiger partial charge in [-0.1, -0.05) is 109 Å². The summed E-state index contributed by atoms with van der Waals surface area (Å²) in [7, 11) is 0. The van der Waals surface area contributed by atoms with Crippen molar-refractivity contribution in [2.24, 2.45) is 21.7 Å². The maximum absolute atomic E-state index is 11.0. The normalized spacial score (nSPS) is 11.2. The first-order valence-corrected chi connectivity index (χ1v) is 22.6. The lowest BCUT2D eigenvalue weighted by molar-refractivity contribution is -0.141. The van der Waals surface area contributed by atoms with Crippen molar-refractivity contribution in [3.63, 3.8) is 0 Å². The number of carbonyl (C=O) groups excluding carboxylic acids is 4. The molecule has 0 bridgehead atoms. The molecule has 0 N–H and O–H groups in total. The Bertz CT molecular complexity index is 1170. The fraction of sp³-hybridized carbons (Fsp3) is 0.765. The first-order chi connectivity index (χ1) is 29.1. The minimum atomic E-state index is -0.395. The summed E-state index contributed by atoms with van der Waals surface area (Å²) in [6.45, 7) is 50.0. The van der Waals surface area contributed by atoms with Gasteiger partial charge in [0, 0.05) is 75.8 Å². The number of esters is 4. The van der Waals surface area contributed by atoms with Gasteiger partial charge in [-0.05, 0) is 80.5 Å². The van der Waals surface area contributed by atoms with E-state index in [0.29, 0.717) is 85.7 Å². The minimum Gasteiger partial charge on any atom is -0.462 e. The lowest BCUT2D eigenvalue weighted by Gasteiger charge is -2.17. The van der Waals surface area contributed by atoms with Crippen LogP contribution in [0.2, 0.25) is 0 Å². The molecule has 0 aliphatic rings. The Morgan fingerprint density at radius 3 is 0.968 bits per heavy atom. The summed E-state index contributed by atoms with van der Waals surface area (Å²) in [5.41, 5.74) is 2.27. The van der Waals surface area contributed by atoms with E-state index in [1.54, 1.807) is 13.8 Å². The average molecular weight is 899 g/mol. The monoisotopic (exact) mass is 899 g/mol. The van der Waals surface area contributed by atoms with Gasteiger partial charge in [-0.25, -0.2) is 19.2 Å². The van der Waals surface area contributed by atoms with Gasteiger partial charge in [-0.15, -0.1) is 0 Å². The van der Waals surface area contributed by atoms with Crippen molar-refractivity contribution in [2.75, 3.05) is 79.3 Å². The highest BCUT2D eigenvalue weighted by Gasteiger charge is 2.12. The molecule has 0 aliphatic heterocycles. The lowest BCUT2D eigenvalue weighted by Crippen LogP contribution is -2.12. The van der Waals surface area contributed by atoms with Crippen LogP contribution in [0.25, 0.3) is 0 Å². The molecule has 0 rings (SSSR count). The number of carbonyl (C=O) groups is 4. The molecular formula is C51H94O12. The summed E-state index contributed by atoms with van der Waals surface area (Å²) in [5, 5.41) is 0. The van der Waals surface area contributed by atoms with Crippen LogP contribution in [0.5, 0.6) is 0 Å². The van der Waals surface area contributed by atoms with Crippen LogP contribution < -0.4 is 0 Å². The van der Waals surface area contributed by atoms with E-state index in [4.69, 9.17) is 37.9 Å². The fourth-order valence-electron chi connectivity index (χ4n) is 4.32. The third-order valence-corrected chi connectivity index (χ3v) is 7.95. The maximum atomic E-state index is 11.0. The summed E-state index contributed by atoms with van der Waals surface area (Å²) in [4.78, 5) is 43.3. The van der Waals surface area contributed by atoms with Gasteiger partial charge < -0.3 is 37.9 Å². The molecule has 0 heterocycles. The smallest absolute Gasteiger partial charge is 0.333 e. The Morgan fingerprint density at radius 1 is 0.365 bits per heavy atom. The van der Waals surface area contributed by atoms with Gasteiger partial charge in [0.1, 0.15) is 13.2 Å². The Balaban J connectivity index is -0.000000368. The third kappa shape index (κ3) is 65.4. The molecule has 0 amide bonds. The summed E-state index contributed by atoms with van der Waals surface area (Å²) >= 11 is 0. The topological polar surface area (TPSA) is 142 Å². The van der Waals surface area contributed by atoms with Crippen molar-refractivity contribution in [2.45, 2.75) is 155 Å². The second-order valence-electron chi connectivity index (χ2n) is 20.0. The maximum Gasteiger partial charge on any atom is 0.333 e. The second-order valence-corrected chi connectivity index (χ2v) is 20.0. The van der Waals surface area contributed by atoms with Crippen LogP contribution in [-0.4, -0.2) is 103 Å². The van der Waals surface area contributed by atoms with Crippen LogP contribution in [0.15, 0.2) is 49.6 Å². The molecule has 0 spiro atoms. The van der Waals surface area contributed by atoms with E-state index in [-0.39, 0.29) is 17.9 Å². The molecule has 12 nitrogen and oxygen atoms in total. The molecule has 0 radical (unpaired) electrons. The molecule has 63 heavy (non-hydrogen) atoms. The predicted octanol–water partition coefficient (Wildman–Crippen LogP) is 11.4. The molecule has 370 valence electrons. The van der Waals surface area contributed by atoms with E-state index < -0.39 is 5.97 Å². The van der Waals surface area contributed by atoms with Gasteiger partial charge in [0.25, 0.3) is 0 Å². The second kappa shape index (κ2) is 40.2. The van der Waals surface area contributed by atoms with Crippen molar-refractivity contribution in [1.29, 1.82) is 0 Å². The van der Waals surface area contributed by atoms with Gasteiger partial charge in [0.15, 0.2) is 0 Å². The molecule has 12 heteroatoms. The van der Waals surface area contributed by atoms with Gasteiger partial charge in [0.05, 0.1) is 26.4 Å². The van der Waals surface area contributed by atoms with E-state index >= 15 is 0 Å². The predicted molar refractivity (Wildman–Crippen MR) is 257 cm³/mol. The Morgan fingerprint density at radius 2 is 0.635 bits per heavy atom. The first-order valence-electron chi connectivity index (χ1n) is 22.6. The van der Waals surface area contributed by atoms with Crippen LogP contribution in [0.4, 0.5) is 0 Å². The molecular weight excluding hydrogens is 805 g/mol. The summed E-state index contributed by atoms with van der Waals surface area (Å²) in [6.07, 6.45) is 11.4. The Hall–Kier alpha value is -3.32. The standard InChI is InChI=1S/3C13H24O3.C12H22O3/c1-11(2)12(14)16-9-6-8-15-10-7-13(3,4)5;1-11(2)12(14)16-10-9-15-8-6-7-13(3,4)5;1-5-12(14)16-11-7-10-15-9-6-8-13(2,3)4;1-5-11(13)15-10-9-14-8-6-7-12(2,3)4/h2*1,6-10H2,2-5H3;5H,1,6-11H2,2-4H3;5H,1,6-10H2,2-4H3. The Kier molecular flexibility index (Phi) is 42.3. The summed E-state index contributed by atoms with van der Waals surface area (Å²) in [6, 6.07) is 0. The van der Waals surface area contributed by atoms with Crippen molar-refractivity contribution in [1.82, 2.24) is 0 Å². The molecule has 0 unspecified atom stereocenters. The molecule has 0 aromatic rings. The van der Waals surface area contributed by atoms with Crippen molar-refractivity contribution in [3.05, 3.63) is 49.6 Å². The average Bonchev–Trinajstić information content (AvgIpc) is 3.16. The molecule has 0 atom stereocenters. The van der Waals surface area contributed by atoms with Gasteiger partial charge in [-0.3, -0.25) is 0 Å². The number of rotatable bonds is 29. The summed E-state index contributed by atoms with van der Waals surface area (Å²) < 4.78 is 40.9. The number of hydrogen-bond acceptors (Lipinski definition) is 12. The number of ether oxygens (including phenoxy) is 8. The van der Waals surface area contributed by atoms with Crippen molar-refractivity contribution in [3.8, 4) is 0 Å². The van der Waals surface area contributed by atoms with Crippen LogP contribution in [-0.2, 0) is 57.1 Å². The van der Waals surface area contributed by atoms with Crippen LogP contribution >= 0.6 is 0 Å². The molecule has 0 saturated heterocycles. The summed E-state index contributed by atoms with van der Waals surface area (Å²) in [5.74, 6) is -1.44. The van der Waals surface area contributed by atoms with Crippen LogP contribution in [0, 0.1) is 21.7 Å². The quantitative estimate of drug-likeness (QED) is 0.0305. The largest absolute Gasteiger partial charge is 0.462 e. The molecule has 0 aliphatic carbocycles. The molecule has 0 aromatic carbocycles. The van der Waals surface area contributed by atoms with Gasteiger partial charge in [0.2, 0.25) is 0 Å². The first kappa shape index (κ1) is 66.3. The minimum absolute atomic E-state index is 0.306. The van der Waals surface area contributed by atoms with E-state index in [1.165, 1.54) is 12.5 Å². The van der Waals surface area contributed by atoms with Crippen LogP contribution in [0.3, 0.4) is 0 Å². The van der Waals surface area contributed by atoms with E-state index in [9.17, 15) is 19.2 Å².